The van der Waals surface area contributed by atoms with E-state index in [0.29, 0.717) is 13.2 Å². The van der Waals surface area contributed by atoms with Crippen molar-refractivity contribution in [1.29, 1.82) is 0 Å². The number of carbonyl (C=O) groups is 1. The van der Waals surface area contributed by atoms with Crippen LogP contribution in [0.4, 0.5) is 0 Å². The van der Waals surface area contributed by atoms with Crippen LogP contribution in [0.2, 0.25) is 0 Å². The SMILES string of the molecule is Cc1nn(C)cc1CN1CCOC(C=O)C1. The van der Waals surface area contributed by atoms with Gasteiger partial charge >= 0.3 is 0 Å². The van der Waals surface area contributed by atoms with Crippen LogP contribution in [0.3, 0.4) is 0 Å². The summed E-state index contributed by atoms with van der Waals surface area (Å²) >= 11 is 0. The standard InChI is InChI=1S/C11H17N3O2/c1-9-10(5-13(2)12-9)6-14-3-4-16-11(7-14)8-15/h5,8,11H,3-4,6-7H2,1-2H3. The molecule has 1 aliphatic heterocycles. The van der Waals surface area contributed by atoms with Gasteiger partial charge in [0, 0.05) is 38.4 Å². The lowest BCUT2D eigenvalue weighted by atomic mass is 10.2. The monoisotopic (exact) mass is 223 g/mol. The Bertz CT molecular complexity index is 375. The van der Waals surface area contributed by atoms with Gasteiger partial charge in [-0.1, -0.05) is 0 Å². The van der Waals surface area contributed by atoms with Crippen LogP contribution in [0.1, 0.15) is 11.3 Å². The molecule has 2 heterocycles. The Labute approximate surface area is 95.0 Å². The molecule has 0 radical (unpaired) electrons. The van der Waals surface area contributed by atoms with E-state index >= 15 is 0 Å². The number of morpholine rings is 1. The summed E-state index contributed by atoms with van der Waals surface area (Å²) in [6.07, 6.45) is 2.63. The van der Waals surface area contributed by atoms with E-state index in [-0.39, 0.29) is 6.10 Å². The number of aldehydes is 1. The molecule has 1 aromatic heterocycles. The summed E-state index contributed by atoms with van der Waals surface area (Å²) in [5.74, 6) is 0. The molecule has 5 heteroatoms. The third-order valence-electron chi connectivity index (χ3n) is 2.84. The summed E-state index contributed by atoms with van der Waals surface area (Å²) in [4.78, 5) is 12.9. The number of aryl methyl sites for hydroxylation is 2. The number of hydrogen-bond acceptors (Lipinski definition) is 4. The van der Waals surface area contributed by atoms with Crippen LogP contribution in [-0.2, 0) is 23.1 Å². The Morgan fingerprint density at radius 2 is 2.50 bits per heavy atom. The van der Waals surface area contributed by atoms with Gasteiger partial charge in [-0.15, -0.1) is 0 Å². The Balaban J connectivity index is 1.98. The number of rotatable bonds is 3. The molecular formula is C11H17N3O2. The first kappa shape index (κ1) is 11.3. The Morgan fingerprint density at radius 1 is 1.69 bits per heavy atom. The molecule has 0 aliphatic carbocycles. The van der Waals surface area contributed by atoms with E-state index in [9.17, 15) is 4.79 Å². The van der Waals surface area contributed by atoms with Crippen molar-refractivity contribution in [3.05, 3.63) is 17.5 Å². The number of hydrogen-bond donors (Lipinski definition) is 0. The molecule has 88 valence electrons. The first-order chi connectivity index (χ1) is 7.69. The van der Waals surface area contributed by atoms with Crippen molar-refractivity contribution in [2.45, 2.75) is 19.6 Å². The molecule has 1 unspecified atom stereocenters. The first-order valence-electron chi connectivity index (χ1n) is 5.47. The molecule has 5 nitrogen and oxygen atoms in total. The van der Waals surface area contributed by atoms with Gasteiger partial charge < -0.3 is 9.53 Å². The average Bonchev–Trinajstić information content (AvgIpc) is 2.58. The summed E-state index contributed by atoms with van der Waals surface area (Å²) in [7, 11) is 1.92. The van der Waals surface area contributed by atoms with Crippen molar-refractivity contribution in [1.82, 2.24) is 14.7 Å². The van der Waals surface area contributed by atoms with Gasteiger partial charge in [0.1, 0.15) is 12.4 Å². The van der Waals surface area contributed by atoms with Crippen LogP contribution < -0.4 is 0 Å². The van der Waals surface area contributed by atoms with Gasteiger partial charge in [-0.2, -0.15) is 5.10 Å². The van der Waals surface area contributed by atoms with Crippen molar-refractivity contribution in [3.8, 4) is 0 Å². The fourth-order valence-corrected chi connectivity index (χ4v) is 2.00. The van der Waals surface area contributed by atoms with Crippen LogP contribution in [0.15, 0.2) is 6.20 Å². The summed E-state index contributed by atoms with van der Waals surface area (Å²) in [5, 5.41) is 4.30. The highest BCUT2D eigenvalue weighted by atomic mass is 16.5. The lowest BCUT2D eigenvalue weighted by Gasteiger charge is -2.30. The summed E-state index contributed by atoms with van der Waals surface area (Å²) in [5.41, 5.74) is 2.27. The largest absolute Gasteiger partial charge is 0.368 e. The minimum Gasteiger partial charge on any atom is -0.368 e. The Hall–Kier alpha value is -1.20. The summed E-state index contributed by atoms with van der Waals surface area (Å²) in [6.45, 7) is 5.03. The summed E-state index contributed by atoms with van der Waals surface area (Å²) < 4.78 is 7.12. The number of nitrogens with zero attached hydrogens (tertiary/aromatic N) is 3. The van der Waals surface area contributed by atoms with Crippen molar-refractivity contribution in [2.24, 2.45) is 7.05 Å². The fraction of sp³-hybridized carbons (Fsp3) is 0.636. The summed E-state index contributed by atoms with van der Waals surface area (Å²) in [6, 6.07) is 0. The number of aromatic nitrogens is 2. The van der Waals surface area contributed by atoms with E-state index in [2.05, 4.69) is 10.00 Å². The molecule has 0 bridgehead atoms. The second kappa shape index (κ2) is 4.76. The van der Waals surface area contributed by atoms with Crippen LogP contribution in [0, 0.1) is 6.92 Å². The lowest BCUT2D eigenvalue weighted by molar-refractivity contribution is -0.123. The molecule has 0 saturated carbocycles. The van der Waals surface area contributed by atoms with Gasteiger partial charge in [-0.05, 0) is 6.92 Å². The predicted molar refractivity (Wildman–Crippen MR) is 59.0 cm³/mol. The van der Waals surface area contributed by atoms with Crippen molar-refractivity contribution in [2.75, 3.05) is 19.7 Å². The molecule has 1 saturated heterocycles. The zero-order chi connectivity index (χ0) is 11.5. The van der Waals surface area contributed by atoms with Crippen LogP contribution in [0.25, 0.3) is 0 Å². The quantitative estimate of drug-likeness (QED) is 0.683. The molecule has 1 atom stereocenters. The first-order valence-corrected chi connectivity index (χ1v) is 5.47. The van der Waals surface area contributed by atoms with E-state index in [1.54, 1.807) is 0 Å². The fourth-order valence-electron chi connectivity index (χ4n) is 2.00. The molecule has 16 heavy (non-hydrogen) atoms. The van der Waals surface area contributed by atoms with E-state index < -0.39 is 0 Å². The van der Waals surface area contributed by atoms with Crippen molar-refractivity contribution >= 4 is 6.29 Å². The van der Waals surface area contributed by atoms with Gasteiger partial charge in [-0.25, -0.2) is 0 Å². The third-order valence-corrected chi connectivity index (χ3v) is 2.84. The van der Waals surface area contributed by atoms with Crippen LogP contribution in [0.5, 0.6) is 0 Å². The highest BCUT2D eigenvalue weighted by Crippen LogP contribution is 2.11. The molecular weight excluding hydrogens is 206 g/mol. The van der Waals surface area contributed by atoms with Gasteiger partial charge in [0.05, 0.1) is 12.3 Å². The highest BCUT2D eigenvalue weighted by molar-refractivity contribution is 5.56. The second-order valence-electron chi connectivity index (χ2n) is 4.19. The van der Waals surface area contributed by atoms with E-state index in [0.717, 1.165) is 25.1 Å². The van der Waals surface area contributed by atoms with E-state index in [4.69, 9.17) is 4.74 Å². The minimum atomic E-state index is -0.272. The third kappa shape index (κ3) is 2.48. The van der Waals surface area contributed by atoms with E-state index in [1.165, 1.54) is 5.56 Å². The van der Waals surface area contributed by atoms with Crippen LogP contribution in [-0.4, -0.2) is 46.8 Å². The Morgan fingerprint density at radius 3 is 3.12 bits per heavy atom. The minimum absolute atomic E-state index is 0.272. The van der Waals surface area contributed by atoms with Gasteiger partial charge in [0.15, 0.2) is 0 Å². The number of ether oxygens (including phenoxy) is 1. The molecule has 0 N–H and O–H groups in total. The smallest absolute Gasteiger partial charge is 0.150 e. The average molecular weight is 223 g/mol. The lowest BCUT2D eigenvalue weighted by Crippen LogP contribution is -2.42. The molecule has 1 aliphatic rings. The zero-order valence-corrected chi connectivity index (χ0v) is 9.72. The second-order valence-corrected chi connectivity index (χ2v) is 4.19. The maximum Gasteiger partial charge on any atom is 0.150 e. The van der Waals surface area contributed by atoms with Gasteiger partial charge in [0.2, 0.25) is 0 Å². The topological polar surface area (TPSA) is 47.4 Å². The molecule has 0 amide bonds. The van der Waals surface area contributed by atoms with Crippen molar-refractivity contribution < 1.29 is 9.53 Å². The highest BCUT2D eigenvalue weighted by Gasteiger charge is 2.20. The molecule has 1 aromatic rings. The maximum absolute atomic E-state index is 10.7. The maximum atomic E-state index is 10.7. The molecule has 2 rings (SSSR count). The normalized spacial score (nSPS) is 22.2. The van der Waals surface area contributed by atoms with Gasteiger partial charge in [-0.3, -0.25) is 9.58 Å². The molecule has 1 fully saturated rings. The molecule has 0 spiro atoms. The van der Waals surface area contributed by atoms with Crippen LogP contribution >= 0.6 is 0 Å². The van der Waals surface area contributed by atoms with Gasteiger partial charge in [0.25, 0.3) is 0 Å². The number of carbonyl (C=O) groups excluding carboxylic acids is 1. The van der Waals surface area contributed by atoms with Crippen molar-refractivity contribution in [3.63, 3.8) is 0 Å². The zero-order valence-electron chi connectivity index (χ0n) is 9.72. The predicted octanol–water partition coefficient (Wildman–Crippen LogP) is 0.128. The molecule has 0 aromatic carbocycles. The Kier molecular flexibility index (Phi) is 3.36. The van der Waals surface area contributed by atoms with E-state index in [1.807, 2.05) is 24.9 Å².